The van der Waals surface area contributed by atoms with E-state index in [2.05, 4.69) is 21.8 Å². The standard InChI is InChI=1S/C17H25ClN4O3S/c1-3-4-5-6-15(23)22-8-7-21(10-12(22)2)14-9-13(18)19-17(20-14)26-11-16(24)25/h9,12H,3-8,10-11H2,1-2H3,(H,24,25)/t12-/m0/s1. The first-order valence-corrected chi connectivity index (χ1v) is 10.2. The van der Waals surface area contributed by atoms with E-state index in [0.29, 0.717) is 37.0 Å². The van der Waals surface area contributed by atoms with Gasteiger partial charge in [0, 0.05) is 38.2 Å². The zero-order valence-corrected chi connectivity index (χ0v) is 16.7. The van der Waals surface area contributed by atoms with Gasteiger partial charge in [-0.1, -0.05) is 43.1 Å². The van der Waals surface area contributed by atoms with E-state index >= 15 is 0 Å². The minimum atomic E-state index is -0.927. The number of unbranched alkanes of at least 4 members (excludes halogenated alkanes) is 2. The summed E-state index contributed by atoms with van der Waals surface area (Å²) in [7, 11) is 0. The van der Waals surface area contributed by atoms with Gasteiger partial charge in [0.25, 0.3) is 0 Å². The van der Waals surface area contributed by atoms with Crippen LogP contribution < -0.4 is 4.90 Å². The van der Waals surface area contributed by atoms with E-state index in [-0.39, 0.29) is 22.9 Å². The molecule has 0 unspecified atom stereocenters. The van der Waals surface area contributed by atoms with Crippen LogP contribution in [-0.4, -0.2) is 63.3 Å². The van der Waals surface area contributed by atoms with Gasteiger partial charge in [-0.3, -0.25) is 9.59 Å². The molecule has 0 radical (unpaired) electrons. The smallest absolute Gasteiger partial charge is 0.313 e. The third-order valence-corrected chi connectivity index (χ3v) is 5.28. The van der Waals surface area contributed by atoms with E-state index in [0.717, 1.165) is 31.0 Å². The molecule has 1 fully saturated rings. The molecule has 144 valence electrons. The monoisotopic (exact) mass is 400 g/mol. The SMILES string of the molecule is CCCCCC(=O)N1CCN(c2cc(Cl)nc(SCC(=O)O)n2)C[C@@H]1C. The lowest BCUT2D eigenvalue weighted by molar-refractivity contribution is -0.134. The predicted octanol–water partition coefficient (Wildman–Crippen LogP) is 2.92. The maximum absolute atomic E-state index is 12.4. The molecule has 9 heteroatoms. The number of carboxylic acid groups (broad SMARTS) is 1. The van der Waals surface area contributed by atoms with Gasteiger partial charge in [0.15, 0.2) is 5.16 Å². The number of thioether (sulfide) groups is 1. The Morgan fingerprint density at radius 1 is 1.35 bits per heavy atom. The third kappa shape index (κ3) is 6.02. The van der Waals surface area contributed by atoms with Crippen LogP contribution in [0.2, 0.25) is 5.15 Å². The fourth-order valence-corrected chi connectivity index (χ4v) is 3.75. The van der Waals surface area contributed by atoms with Crippen molar-refractivity contribution in [1.29, 1.82) is 0 Å². The van der Waals surface area contributed by atoms with Crippen LogP contribution in [0, 0.1) is 0 Å². The Morgan fingerprint density at radius 2 is 2.12 bits per heavy atom. The van der Waals surface area contributed by atoms with Gasteiger partial charge in [-0.2, -0.15) is 0 Å². The van der Waals surface area contributed by atoms with Crippen LogP contribution in [-0.2, 0) is 9.59 Å². The number of anilines is 1. The Hall–Kier alpha value is -1.54. The lowest BCUT2D eigenvalue weighted by Gasteiger charge is -2.40. The van der Waals surface area contributed by atoms with Crippen LogP contribution in [0.3, 0.4) is 0 Å². The van der Waals surface area contributed by atoms with Gasteiger partial charge in [-0.25, -0.2) is 9.97 Å². The minimum Gasteiger partial charge on any atom is -0.481 e. The summed E-state index contributed by atoms with van der Waals surface area (Å²) in [5.74, 6) is -0.160. The normalized spacial score (nSPS) is 17.4. The Labute approximate surface area is 163 Å². The van der Waals surface area contributed by atoms with Crippen molar-refractivity contribution in [2.24, 2.45) is 0 Å². The van der Waals surface area contributed by atoms with E-state index in [9.17, 15) is 9.59 Å². The first-order chi connectivity index (χ1) is 12.4. The van der Waals surface area contributed by atoms with Crippen molar-refractivity contribution in [3.8, 4) is 0 Å². The number of carbonyl (C=O) groups is 2. The summed E-state index contributed by atoms with van der Waals surface area (Å²) in [6.45, 7) is 6.13. The Kier molecular flexibility index (Phi) is 7.96. The van der Waals surface area contributed by atoms with E-state index < -0.39 is 5.97 Å². The summed E-state index contributed by atoms with van der Waals surface area (Å²) in [5, 5.41) is 9.43. The van der Waals surface area contributed by atoms with Crippen LogP contribution in [0.1, 0.15) is 39.5 Å². The average Bonchev–Trinajstić information content (AvgIpc) is 2.59. The second kappa shape index (κ2) is 9.97. The molecule has 0 aliphatic carbocycles. The summed E-state index contributed by atoms with van der Waals surface area (Å²) in [6.07, 6.45) is 3.73. The van der Waals surface area contributed by atoms with E-state index in [1.54, 1.807) is 6.07 Å². The van der Waals surface area contributed by atoms with Crippen LogP contribution in [0.25, 0.3) is 0 Å². The van der Waals surface area contributed by atoms with E-state index in [1.165, 1.54) is 0 Å². The molecule has 26 heavy (non-hydrogen) atoms. The highest BCUT2D eigenvalue weighted by Gasteiger charge is 2.28. The molecule has 1 atom stereocenters. The molecule has 1 aliphatic heterocycles. The van der Waals surface area contributed by atoms with Crippen molar-refractivity contribution in [3.05, 3.63) is 11.2 Å². The van der Waals surface area contributed by atoms with Gasteiger partial charge in [-0.05, 0) is 13.3 Å². The minimum absolute atomic E-state index is 0.0849. The highest BCUT2D eigenvalue weighted by molar-refractivity contribution is 7.99. The summed E-state index contributed by atoms with van der Waals surface area (Å²) in [5.41, 5.74) is 0. The number of carboxylic acids is 1. The molecule has 0 spiro atoms. The van der Waals surface area contributed by atoms with Gasteiger partial charge >= 0.3 is 5.97 Å². The number of carbonyl (C=O) groups excluding carboxylic acids is 1. The molecule has 0 aromatic carbocycles. The number of amides is 1. The topological polar surface area (TPSA) is 86.6 Å². The quantitative estimate of drug-likeness (QED) is 0.310. The van der Waals surface area contributed by atoms with Crippen molar-refractivity contribution in [3.63, 3.8) is 0 Å². The molecule has 0 bridgehead atoms. The molecule has 1 aliphatic rings. The molecule has 1 saturated heterocycles. The molecule has 1 N–H and O–H groups in total. The molecular formula is C17H25ClN4O3S. The fraction of sp³-hybridized carbons (Fsp3) is 0.647. The van der Waals surface area contributed by atoms with Crippen molar-refractivity contribution in [1.82, 2.24) is 14.9 Å². The summed E-state index contributed by atoms with van der Waals surface area (Å²) in [6, 6.07) is 1.76. The molecule has 2 heterocycles. The maximum atomic E-state index is 12.4. The molecule has 1 aromatic rings. The number of hydrogen-bond acceptors (Lipinski definition) is 6. The second-order valence-corrected chi connectivity index (χ2v) is 7.68. The van der Waals surface area contributed by atoms with E-state index in [4.69, 9.17) is 16.7 Å². The lowest BCUT2D eigenvalue weighted by atomic mass is 10.1. The Balaban J connectivity index is 1.99. The molecule has 1 aromatic heterocycles. The first-order valence-electron chi connectivity index (χ1n) is 8.84. The number of hydrogen-bond donors (Lipinski definition) is 1. The highest BCUT2D eigenvalue weighted by Crippen LogP contribution is 2.24. The number of rotatable bonds is 8. The lowest BCUT2D eigenvalue weighted by Crippen LogP contribution is -2.54. The van der Waals surface area contributed by atoms with E-state index in [1.807, 2.05) is 11.8 Å². The van der Waals surface area contributed by atoms with Crippen LogP contribution in [0.15, 0.2) is 11.2 Å². The zero-order chi connectivity index (χ0) is 19.1. The maximum Gasteiger partial charge on any atom is 0.313 e. The number of nitrogens with zero attached hydrogens (tertiary/aromatic N) is 4. The largest absolute Gasteiger partial charge is 0.481 e. The predicted molar refractivity (Wildman–Crippen MR) is 103 cm³/mol. The van der Waals surface area contributed by atoms with Gasteiger partial charge in [0.05, 0.1) is 5.75 Å². The Morgan fingerprint density at radius 3 is 2.77 bits per heavy atom. The molecule has 1 amide bonds. The van der Waals surface area contributed by atoms with Crippen molar-refractivity contribution in [2.75, 3.05) is 30.3 Å². The first kappa shape index (κ1) is 20.8. The fourth-order valence-electron chi connectivity index (χ4n) is 2.94. The van der Waals surface area contributed by atoms with Gasteiger partial charge in [0.1, 0.15) is 11.0 Å². The van der Waals surface area contributed by atoms with Crippen molar-refractivity contribution in [2.45, 2.75) is 50.7 Å². The van der Waals surface area contributed by atoms with Crippen molar-refractivity contribution >= 4 is 41.1 Å². The summed E-state index contributed by atoms with van der Waals surface area (Å²) >= 11 is 7.11. The molecular weight excluding hydrogens is 376 g/mol. The average molecular weight is 401 g/mol. The zero-order valence-electron chi connectivity index (χ0n) is 15.2. The molecule has 0 saturated carbocycles. The van der Waals surface area contributed by atoms with Crippen LogP contribution >= 0.6 is 23.4 Å². The van der Waals surface area contributed by atoms with Gasteiger partial charge in [0.2, 0.25) is 5.91 Å². The summed E-state index contributed by atoms with van der Waals surface area (Å²) in [4.78, 5) is 35.6. The van der Waals surface area contributed by atoms with Gasteiger partial charge in [-0.15, -0.1) is 0 Å². The number of aliphatic carboxylic acids is 1. The summed E-state index contributed by atoms with van der Waals surface area (Å²) < 4.78 is 0. The number of halogens is 1. The molecule has 7 nitrogen and oxygen atoms in total. The van der Waals surface area contributed by atoms with Crippen molar-refractivity contribution < 1.29 is 14.7 Å². The van der Waals surface area contributed by atoms with Crippen LogP contribution in [0.4, 0.5) is 5.82 Å². The molecule has 2 rings (SSSR count). The Bertz CT molecular complexity index is 646. The third-order valence-electron chi connectivity index (χ3n) is 4.25. The van der Waals surface area contributed by atoms with Gasteiger partial charge < -0.3 is 14.9 Å². The van der Waals surface area contributed by atoms with Crippen LogP contribution in [0.5, 0.6) is 0 Å². The number of piperazine rings is 1. The second-order valence-electron chi connectivity index (χ2n) is 6.35. The highest BCUT2D eigenvalue weighted by atomic mass is 35.5. The number of aromatic nitrogens is 2.